The average molecular weight is 361 g/mol. The first-order valence-corrected chi connectivity index (χ1v) is 8.56. The van der Waals surface area contributed by atoms with E-state index in [4.69, 9.17) is 15.9 Å². The van der Waals surface area contributed by atoms with Crippen LogP contribution in [0.5, 0.6) is 0 Å². The lowest BCUT2D eigenvalue weighted by Gasteiger charge is -2.04. The molecule has 0 saturated heterocycles. The SMILES string of the molecule is C#CCn1ccc(COC(=O)[C@@H]2[C@H](C=C(F)CC(=O)OCC)C2(C)C)c1. The zero-order valence-corrected chi connectivity index (χ0v) is 15.3. The summed E-state index contributed by atoms with van der Waals surface area (Å²) in [5.41, 5.74) is 0.436. The third-order valence-electron chi connectivity index (χ3n) is 4.61. The number of ether oxygens (including phenoxy) is 2. The molecule has 0 aliphatic heterocycles. The van der Waals surface area contributed by atoms with Crippen LogP contribution in [-0.2, 0) is 32.2 Å². The summed E-state index contributed by atoms with van der Waals surface area (Å²) >= 11 is 0. The van der Waals surface area contributed by atoms with Crippen molar-refractivity contribution >= 4 is 11.9 Å². The van der Waals surface area contributed by atoms with Crippen molar-refractivity contribution < 1.29 is 23.5 Å². The van der Waals surface area contributed by atoms with Crippen LogP contribution in [0.4, 0.5) is 4.39 Å². The average Bonchev–Trinajstić information content (AvgIpc) is 2.90. The van der Waals surface area contributed by atoms with Crippen LogP contribution in [0.2, 0.25) is 0 Å². The molecule has 140 valence electrons. The maximum absolute atomic E-state index is 14.0. The standard InChI is InChI=1S/C20H24FNO4/c1-5-8-22-9-7-14(12-22)13-26-19(24)18-16(20(18,3)4)10-15(21)11-17(23)25-6-2/h1,7,9-10,12,16,18H,6,8,11,13H2,2-4H3/t16-,18-/m0/s1. The van der Waals surface area contributed by atoms with Gasteiger partial charge in [0, 0.05) is 18.0 Å². The highest BCUT2D eigenvalue weighted by Crippen LogP contribution is 2.60. The van der Waals surface area contributed by atoms with Gasteiger partial charge in [-0.2, -0.15) is 0 Å². The van der Waals surface area contributed by atoms with E-state index in [-0.39, 0.29) is 25.1 Å². The smallest absolute Gasteiger partial charge is 0.312 e. The van der Waals surface area contributed by atoms with Gasteiger partial charge < -0.3 is 14.0 Å². The van der Waals surface area contributed by atoms with Gasteiger partial charge in [0.25, 0.3) is 0 Å². The van der Waals surface area contributed by atoms with Gasteiger partial charge in [-0.1, -0.05) is 19.8 Å². The molecular weight excluding hydrogens is 337 g/mol. The second kappa shape index (κ2) is 8.22. The maximum Gasteiger partial charge on any atom is 0.312 e. The zero-order chi connectivity index (χ0) is 19.3. The van der Waals surface area contributed by atoms with Gasteiger partial charge in [0.05, 0.1) is 25.5 Å². The van der Waals surface area contributed by atoms with Gasteiger partial charge in [-0.05, 0) is 30.4 Å². The Bertz CT molecular complexity index is 741. The second-order valence-corrected chi connectivity index (χ2v) is 6.92. The number of nitrogens with zero attached hydrogens (tertiary/aromatic N) is 1. The Morgan fingerprint density at radius 1 is 1.42 bits per heavy atom. The molecule has 0 aromatic carbocycles. The molecule has 2 rings (SSSR count). The number of carbonyl (C=O) groups is 2. The lowest BCUT2D eigenvalue weighted by Crippen LogP contribution is -2.10. The molecule has 1 aromatic rings. The minimum absolute atomic E-state index is 0.144. The van der Waals surface area contributed by atoms with Crippen LogP contribution in [0.25, 0.3) is 0 Å². The topological polar surface area (TPSA) is 57.5 Å². The Hall–Kier alpha value is -2.55. The predicted octanol–water partition coefficient (Wildman–Crippen LogP) is 3.24. The van der Waals surface area contributed by atoms with Crippen LogP contribution in [0.1, 0.15) is 32.8 Å². The molecule has 0 spiro atoms. The Kier molecular flexibility index (Phi) is 6.25. The molecule has 0 amide bonds. The van der Waals surface area contributed by atoms with E-state index in [1.165, 1.54) is 6.08 Å². The van der Waals surface area contributed by atoms with Crippen LogP contribution in [0, 0.1) is 29.6 Å². The first kappa shape index (κ1) is 19.8. The van der Waals surface area contributed by atoms with E-state index >= 15 is 0 Å². The van der Waals surface area contributed by atoms with Gasteiger partial charge in [0.2, 0.25) is 0 Å². The van der Waals surface area contributed by atoms with Gasteiger partial charge in [-0.3, -0.25) is 9.59 Å². The third kappa shape index (κ3) is 4.75. The molecule has 1 heterocycles. The van der Waals surface area contributed by atoms with Gasteiger partial charge in [-0.15, -0.1) is 6.42 Å². The lowest BCUT2D eigenvalue weighted by atomic mass is 10.1. The highest BCUT2D eigenvalue weighted by atomic mass is 19.1. The van der Waals surface area contributed by atoms with Gasteiger partial charge in [0.1, 0.15) is 12.4 Å². The summed E-state index contributed by atoms with van der Waals surface area (Å²) in [6, 6.07) is 1.83. The third-order valence-corrected chi connectivity index (χ3v) is 4.61. The molecule has 2 atom stereocenters. The molecule has 1 fully saturated rings. The Morgan fingerprint density at radius 3 is 2.81 bits per heavy atom. The summed E-state index contributed by atoms with van der Waals surface area (Å²) in [5.74, 6) is 0.237. The minimum Gasteiger partial charge on any atom is -0.466 e. The normalized spacial score (nSPS) is 21.0. The molecule has 1 saturated carbocycles. The van der Waals surface area contributed by atoms with E-state index in [1.807, 2.05) is 36.9 Å². The molecule has 26 heavy (non-hydrogen) atoms. The number of rotatable bonds is 8. The molecule has 0 unspecified atom stereocenters. The van der Waals surface area contributed by atoms with E-state index in [9.17, 15) is 14.0 Å². The lowest BCUT2D eigenvalue weighted by molar-refractivity contribution is -0.147. The van der Waals surface area contributed by atoms with Crippen molar-refractivity contribution in [2.45, 2.75) is 40.3 Å². The number of esters is 2. The van der Waals surface area contributed by atoms with Gasteiger partial charge in [-0.25, -0.2) is 4.39 Å². The number of terminal acetylenes is 1. The second-order valence-electron chi connectivity index (χ2n) is 6.92. The van der Waals surface area contributed by atoms with E-state index < -0.39 is 29.5 Å². The first-order valence-electron chi connectivity index (χ1n) is 8.56. The fourth-order valence-corrected chi connectivity index (χ4v) is 3.07. The summed E-state index contributed by atoms with van der Waals surface area (Å²) in [6.07, 6.45) is 9.82. The monoisotopic (exact) mass is 361 g/mol. The fourth-order valence-electron chi connectivity index (χ4n) is 3.07. The number of allylic oxidation sites excluding steroid dienone is 1. The summed E-state index contributed by atoms with van der Waals surface area (Å²) in [6.45, 7) is 6.22. The molecule has 1 aliphatic carbocycles. The number of hydrogen-bond donors (Lipinski definition) is 0. The summed E-state index contributed by atoms with van der Waals surface area (Å²) in [5, 5.41) is 0. The maximum atomic E-state index is 14.0. The molecule has 1 aliphatic rings. The van der Waals surface area contributed by atoms with E-state index in [2.05, 4.69) is 5.92 Å². The molecule has 5 nitrogen and oxygen atoms in total. The largest absolute Gasteiger partial charge is 0.466 e. The Labute approximate surface area is 153 Å². The van der Waals surface area contributed by atoms with Crippen molar-refractivity contribution in [3.05, 3.63) is 35.9 Å². The molecule has 1 aromatic heterocycles. The van der Waals surface area contributed by atoms with Crippen LogP contribution < -0.4 is 0 Å². The van der Waals surface area contributed by atoms with Crippen LogP contribution in [0.15, 0.2) is 30.4 Å². The van der Waals surface area contributed by atoms with Crippen molar-refractivity contribution in [1.82, 2.24) is 4.57 Å². The molecule has 0 N–H and O–H groups in total. The molecular formula is C20H24FNO4. The summed E-state index contributed by atoms with van der Waals surface area (Å²) in [4.78, 5) is 23.7. The quantitative estimate of drug-likeness (QED) is 0.527. The summed E-state index contributed by atoms with van der Waals surface area (Å²) < 4.78 is 25.9. The highest BCUT2D eigenvalue weighted by molar-refractivity contribution is 5.78. The molecule has 6 heteroatoms. The van der Waals surface area contributed by atoms with E-state index in [0.29, 0.717) is 6.54 Å². The van der Waals surface area contributed by atoms with Crippen LogP contribution in [0.3, 0.4) is 0 Å². The van der Waals surface area contributed by atoms with E-state index in [0.717, 1.165) is 5.56 Å². The Balaban J connectivity index is 1.90. The van der Waals surface area contributed by atoms with Crippen molar-refractivity contribution in [3.8, 4) is 12.3 Å². The number of carbonyl (C=O) groups excluding carboxylic acids is 2. The Morgan fingerprint density at radius 2 is 2.15 bits per heavy atom. The zero-order valence-electron chi connectivity index (χ0n) is 15.3. The van der Waals surface area contributed by atoms with Gasteiger partial charge >= 0.3 is 11.9 Å². The molecule has 0 radical (unpaired) electrons. The number of halogens is 1. The minimum atomic E-state index is -0.615. The predicted molar refractivity (Wildman–Crippen MR) is 94.3 cm³/mol. The van der Waals surface area contributed by atoms with E-state index in [1.54, 1.807) is 6.92 Å². The number of hydrogen-bond acceptors (Lipinski definition) is 4. The summed E-state index contributed by atoms with van der Waals surface area (Å²) in [7, 11) is 0. The van der Waals surface area contributed by atoms with Crippen molar-refractivity contribution in [3.63, 3.8) is 0 Å². The van der Waals surface area contributed by atoms with Crippen molar-refractivity contribution in [2.75, 3.05) is 6.61 Å². The fraction of sp³-hybridized carbons (Fsp3) is 0.500. The first-order chi connectivity index (χ1) is 12.3. The van der Waals surface area contributed by atoms with Gasteiger partial charge in [0.15, 0.2) is 0 Å². The van der Waals surface area contributed by atoms with Crippen molar-refractivity contribution in [1.29, 1.82) is 0 Å². The number of aromatic nitrogens is 1. The van der Waals surface area contributed by atoms with Crippen LogP contribution in [-0.4, -0.2) is 23.1 Å². The van der Waals surface area contributed by atoms with Crippen molar-refractivity contribution in [2.24, 2.45) is 17.3 Å². The highest BCUT2D eigenvalue weighted by Gasteiger charge is 2.61. The van der Waals surface area contributed by atoms with Crippen LogP contribution >= 0.6 is 0 Å². The molecule has 0 bridgehead atoms.